The first kappa shape index (κ1) is 13.3. The molecule has 6 heteroatoms. The molecule has 0 fully saturated rings. The molecule has 0 atom stereocenters. The number of halogens is 2. The van der Waals surface area contributed by atoms with E-state index in [4.69, 9.17) is 28.3 Å². The van der Waals surface area contributed by atoms with Gasteiger partial charge in [-0.3, -0.25) is 4.79 Å². The van der Waals surface area contributed by atoms with Crippen LogP contribution in [-0.2, 0) is 11.2 Å². The van der Waals surface area contributed by atoms with Crippen molar-refractivity contribution in [2.24, 2.45) is 0 Å². The molecule has 0 saturated carbocycles. The maximum absolute atomic E-state index is 10.5. The molecule has 0 unspecified atom stereocenters. The van der Waals surface area contributed by atoms with E-state index >= 15 is 0 Å². The van der Waals surface area contributed by atoms with Crippen LogP contribution in [0.4, 0.5) is 0 Å². The quantitative estimate of drug-likeness (QED) is 0.923. The molecule has 1 heterocycles. The van der Waals surface area contributed by atoms with Gasteiger partial charge < -0.3 is 5.11 Å². The van der Waals surface area contributed by atoms with Crippen LogP contribution in [0.1, 0.15) is 12.1 Å². The van der Waals surface area contributed by atoms with E-state index in [0.717, 1.165) is 5.69 Å². The number of hydrogen-bond acceptors (Lipinski definition) is 3. The minimum Gasteiger partial charge on any atom is -0.481 e. The first-order valence-corrected chi connectivity index (χ1v) is 6.82. The molecule has 2 aromatic rings. The fraction of sp³-hybridized carbons (Fsp3) is 0.167. The number of carbonyl (C=O) groups is 1. The molecule has 0 saturated heterocycles. The molecule has 1 aromatic carbocycles. The Hall–Kier alpha value is -1.10. The highest BCUT2D eigenvalue weighted by Crippen LogP contribution is 2.36. The zero-order chi connectivity index (χ0) is 13.1. The Bertz CT molecular complexity index is 563. The second-order valence-electron chi connectivity index (χ2n) is 3.63. The minimum atomic E-state index is -0.833. The number of nitrogens with zero attached hydrogens (tertiary/aromatic N) is 1. The molecule has 2 rings (SSSR count). The number of benzene rings is 1. The first-order chi connectivity index (χ1) is 8.58. The van der Waals surface area contributed by atoms with Gasteiger partial charge in [0.15, 0.2) is 0 Å². The summed E-state index contributed by atoms with van der Waals surface area (Å²) in [6.07, 6.45) is 0.479. The molecule has 1 aromatic heterocycles. The predicted octanol–water partition coefficient (Wildman–Crippen LogP) is 4.13. The summed E-state index contributed by atoms with van der Waals surface area (Å²) in [5.74, 6) is -0.833. The summed E-state index contributed by atoms with van der Waals surface area (Å²) < 4.78 is 0. The first-order valence-electron chi connectivity index (χ1n) is 5.18. The Balaban J connectivity index is 2.27. The van der Waals surface area contributed by atoms with E-state index in [2.05, 4.69) is 4.98 Å². The Kier molecular flexibility index (Phi) is 4.22. The van der Waals surface area contributed by atoms with Crippen LogP contribution in [0.3, 0.4) is 0 Å². The number of hydrogen-bond donors (Lipinski definition) is 1. The normalized spacial score (nSPS) is 10.6. The summed E-state index contributed by atoms with van der Waals surface area (Å²) in [4.78, 5) is 14.9. The highest BCUT2D eigenvalue weighted by atomic mass is 35.5. The van der Waals surface area contributed by atoms with E-state index in [1.807, 2.05) is 5.38 Å². The highest BCUT2D eigenvalue weighted by molar-refractivity contribution is 7.13. The van der Waals surface area contributed by atoms with Gasteiger partial charge in [0.05, 0.1) is 22.2 Å². The van der Waals surface area contributed by atoms with Gasteiger partial charge in [-0.15, -0.1) is 11.3 Å². The lowest BCUT2D eigenvalue weighted by molar-refractivity contribution is -0.136. The Morgan fingerprint density at radius 2 is 2.00 bits per heavy atom. The van der Waals surface area contributed by atoms with Crippen LogP contribution < -0.4 is 0 Å². The van der Waals surface area contributed by atoms with Gasteiger partial charge in [-0.1, -0.05) is 29.3 Å². The topological polar surface area (TPSA) is 50.2 Å². The molecule has 94 valence electrons. The Morgan fingerprint density at radius 3 is 2.61 bits per heavy atom. The van der Waals surface area contributed by atoms with Crippen molar-refractivity contribution in [2.45, 2.75) is 12.8 Å². The monoisotopic (exact) mass is 301 g/mol. The lowest BCUT2D eigenvalue weighted by Crippen LogP contribution is -1.97. The minimum absolute atomic E-state index is 0.0689. The van der Waals surface area contributed by atoms with E-state index in [1.165, 1.54) is 11.3 Å². The van der Waals surface area contributed by atoms with Gasteiger partial charge in [0, 0.05) is 17.4 Å². The van der Waals surface area contributed by atoms with E-state index in [0.29, 0.717) is 27.0 Å². The van der Waals surface area contributed by atoms with Crippen molar-refractivity contribution in [3.05, 3.63) is 39.3 Å². The average Bonchev–Trinajstić information content (AvgIpc) is 2.75. The molecule has 0 bridgehead atoms. The molecule has 0 spiro atoms. The molecule has 3 nitrogen and oxygen atoms in total. The van der Waals surface area contributed by atoms with Gasteiger partial charge in [-0.05, 0) is 12.1 Å². The maximum atomic E-state index is 10.5. The second-order valence-corrected chi connectivity index (χ2v) is 5.31. The van der Waals surface area contributed by atoms with Crippen molar-refractivity contribution >= 4 is 40.5 Å². The van der Waals surface area contributed by atoms with Crippen molar-refractivity contribution in [1.29, 1.82) is 0 Å². The van der Waals surface area contributed by atoms with Gasteiger partial charge in [0.2, 0.25) is 0 Å². The van der Waals surface area contributed by atoms with Gasteiger partial charge in [0.1, 0.15) is 5.01 Å². The number of aromatic nitrogens is 1. The molecule has 0 aliphatic carbocycles. The lowest BCUT2D eigenvalue weighted by atomic mass is 10.2. The Morgan fingerprint density at radius 1 is 1.33 bits per heavy atom. The van der Waals surface area contributed by atoms with Crippen molar-refractivity contribution in [3.8, 4) is 10.6 Å². The van der Waals surface area contributed by atoms with Crippen LogP contribution >= 0.6 is 34.5 Å². The maximum Gasteiger partial charge on any atom is 0.303 e. The molecular weight excluding hydrogens is 293 g/mol. The van der Waals surface area contributed by atoms with Crippen LogP contribution in [0.15, 0.2) is 23.6 Å². The van der Waals surface area contributed by atoms with Crippen LogP contribution in [0.5, 0.6) is 0 Å². The molecule has 0 radical (unpaired) electrons. The van der Waals surface area contributed by atoms with Crippen LogP contribution in [0.2, 0.25) is 10.0 Å². The van der Waals surface area contributed by atoms with Crippen molar-refractivity contribution in [3.63, 3.8) is 0 Å². The summed E-state index contributed by atoms with van der Waals surface area (Å²) >= 11 is 13.6. The van der Waals surface area contributed by atoms with Crippen molar-refractivity contribution in [1.82, 2.24) is 4.98 Å². The van der Waals surface area contributed by atoms with Gasteiger partial charge in [-0.2, -0.15) is 0 Å². The summed E-state index contributed by atoms with van der Waals surface area (Å²) in [7, 11) is 0. The molecule has 0 amide bonds. The van der Waals surface area contributed by atoms with E-state index in [1.54, 1.807) is 18.2 Å². The fourth-order valence-electron chi connectivity index (χ4n) is 1.47. The smallest absolute Gasteiger partial charge is 0.303 e. The lowest BCUT2D eigenvalue weighted by Gasteiger charge is -2.02. The predicted molar refractivity (Wildman–Crippen MR) is 73.5 cm³/mol. The zero-order valence-electron chi connectivity index (χ0n) is 9.19. The third kappa shape index (κ3) is 3.02. The average molecular weight is 302 g/mol. The highest BCUT2D eigenvalue weighted by Gasteiger charge is 2.12. The van der Waals surface area contributed by atoms with Crippen molar-refractivity contribution < 1.29 is 9.90 Å². The second kappa shape index (κ2) is 5.69. The number of rotatable bonds is 4. The number of carboxylic acid groups (broad SMARTS) is 1. The summed E-state index contributed by atoms with van der Waals surface area (Å²) in [5, 5.41) is 12.3. The zero-order valence-corrected chi connectivity index (χ0v) is 11.5. The summed E-state index contributed by atoms with van der Waals surface area (Å²) in [6.45, 7) is 0. The van der Waals surface area contributed by atoms with E-state index < -0.39 is 5.97 Å². The van der Waals surface area contributed by atoms with Gasteiger partial charge in [0.25, 0.3) is 0 Å². The SMILES string of the molecule is O=C(O)CCc1csc(-c2c(Cl)cccc2Cl)n1. The standard InChI is InChI=1S/C12H9Cl2NO2S/c13-8-2-1-3-9(14)11(8)12-15-7(6-18-12)4-5-10(16)17/h1-3,6H,4-5H2,(H,16,17). The van der Waals surface area contributed by atoms with Crippen LogP contribution in [0.25, 0.3) is 10.6 Å². The van der Waals surface area contributed by atoms with E-state index in [-0.39, 0.29) is 6.42 Å². The van der Waals surface area contributed by atoms with Crippen molar-refractivity contribution in [2.75, 3.05) is 0 Å². The summed E-state index contributed by atoms with van der Waals surface area (Å²) in [5.41, 5.74) is 1.45. The van der Waals surface area contributed by atoms with E-state index in [9.17, 15) is 4.79 Å². The van der Waals surface area contributed by atoms with Gasteiger partial charge >= 0.3 is 5.97 Å². The molecule has 1 N–H and O–H groups in total. The Labute approximate surface area is 118 Å². The number of aryl methyl sites for hydroxylation is 1. The third-order valence-electron chi connectivity index (χ3n) is 2.32. The molecular formula is C12H9Cl2NO2S. The van der Waals surface area contributed by atoms with Gasteiger partial charge in [-0.25, -0.2) is 4.98 Å². The fourth-order valence-corrected chi connectivity index (χ4v) is 3.09. The van der Waals surface area contributed by atoms with Crippen LogP contribution in [-0.4, -0.2) is 16.1 Å². The molecule has 0 aliphatic rings. The largest absolute Gasteiger partial charge is 0.481 e. The molecule has 18 heavy (non-hydrogen) atoms. The third-order valence-corrected chi connectivity index (χ3v) is 3.86. The summed E-state index contributed by atoms with van der Waals surface area (Å²) in [6, 6.07) is 5.27. The van der Waals surface area contributed by atoms with Crippen LogP contribution in [0, 0.1) is 0 Å². The number of carboxylic acids is 1. The molecule has 0 aliphatic heterocycles. The number of thiazole rings is 1. The number of aliphatic carboxylic acids is 1.